The van der Waals surface area contributed by atoms with Gasteiger partial charge in [0.05, 0.1) is 6.61 Å². The number of amides is 1. The molecule has 1 aromatic carbocycles. The lowest BCUT2D eigenvalue weighted by Crippen LogP contribution is -2.23. The molecule has 0 aliphatic carbocycles. The van der Waals surface area contributed by atoms with Crippen molar-refractivity contribution in [1.82, 2.24) is 5.32 Å². The fraction of sp³-hybridized carbons (Fsp3) is 0.400. The molecule has 4 heteroatoms. The Morgan fingerprint density at radius 2 is 2.11 bits per heavy atom. The Hall–Kier alpha value is -1.83. The van der Waals surface area contributed by atoms with Crippen molar-refractivity contribution in [3.8, 4) is 11.8 Å². The maximum Gasteiger partial charge on any atom is 0.222 e. The monoisotopic (exact) mass is 261 g/mol. The Morgan fingerprint density at radius 3 is 2.74 bits per heavy atom. The van der Waals surface area contributed by atoms with Crippen LogP contribution in [0.4, 0.5) is 0 Å². The molecular weight excluding hydrogens is 242 g/mol. The Morgan fingerprint density at radius 1 is 1.37 bits per heavy atom. The van der Waals surface area contributed by atoms with E-state index in [9.17, 15) is 4.79 Å². The van der Waals surface area contributed by atoms with Gasteiger partial charge in [-0.3, -0.25) is 4.79 Å². The van der Waals surface area contributed by atoms with Gasteiger partial charge in [-0.05, 0) is 24.6 Å². The maximum absolute atomic E-state index is 11.5. The fourth-order valence-corrected chi connectivity index (χ4v) is 1.45. The molecule has 0 radical (unpaired) electrons. The summed E-state index contributed by atoms with van der Waals surface area (Å²) in [6.07, 6.45) is 0.383. The number of rotatable bonds is 6. The molecule has 19 heavy (non-hydrogen) atoms. The standard InChI is InChI=1S/C15H19NO3/c1-2-19-11-9-15(18)16-12-14-7-5-13(6-8-14)4-3-10-17/h5-8,17H,2,9-12H2,1H3,(H,16,18). The van der Waals surface area contributed by atoms with E-state index in [0.29, 0.717) is 26.2 Å². The molecule has 1 rings (SSSR count). The number of nitrogens with one attached hydrogen (secondary N) is 1. The van der Waals surface area contributed by atoms with Crippen molar-refractivity contribution in [2.45, 2.75) is 19.9 Å². The fourth-order valence-electron chi connectivity index (χ4n) is 1.45. The Labute approximate surface area is 113 Å². The number of benzene rings is 1. The van der Waals surface area contributed by atoms with Crippen LogP contribution in [0, 0.1) is 11.8 Å². The van der Waals surface area contributed by atoms with Crippen LogP contribution in [0.3, 0.4) is 0 Å². The normalized spacial score (nSPS) is 9.58. The van der Waals surface area contributed by atoms with Crippen molar-refractivity contribution in [3.05, 3.63) is 35.4 Å². The molecule has 0 atom stereocenters. The highest BCUT2D eigenvalue weighted by Gasteiger charge is 2.00. The van der Waals surface area contributed by atoms with Crippen LogP contribution in [0.2, 0.25) is 0 Å². The molecule has 0 aliphatic heterocycles. The quantitative estimate of drug-likeness (QED) is 0.595. The van der Waals surface area contributed by atoms with E-state index in [1.807, 2.05) is 31.2 Å². The summed E-state index contributed by atoms with van der Waals surface area (Å²) in [5, 5.41) is 11.4. The minimum atomic E-state index is -0.141. The molecule has 0 saturated heterocycles. The van der Waals surface area contributed by atoms with Gasteiger partial charge in [0, 0.05) is 25.1 Å². The number of carbonyl (C=O) groups is 1. The van der Waals surface area contributed by atoms with E-state index in [2.05, 4.69) is 17.2 Å². The van der Waals surface area contributed by atoms with Crippen molar-refractivity contribution in [2.75, 3.05) is 19.8 Å². The SMILES string of the molecule is CCOCCC(=O)NCc1ccc(C#CCO)cc1. The van der Waals surface area contributed by atoms with Crippen LogP contribution >= 0.6 is 0 Å². The molecule has 1 aromatic rings. The van der Waals surface area contributed by atoms with Crippen molar-refractivity contribution in [1.29, 1.82) is 0 Å². The zero-order valence-electron chi connectivity index (χ0n) is 11.1. The molecule has 0 aromatic heterocycles. The first kappa shape index (κ1) is 15.2. The first-order valence-electron chi connectivity index (χ1n) is 6.29. The van der Waals surface area contributed by atoms with Gasteiger partial charge in [0.2, 0.25) is 5.91 Å². The molecular formula is C15H19NO3. The first-order chi connectivity index (χ1) is 9.26. The summed E-state index contributed by atoms with van der Waals surface area (Å²) >= 11 is 0. The number of ether oxygens (including phenoxy) is 1. The summed E-state index contributed by atoms with van der Waals surface area (Å²) < 4.78 is 5.11. The first-order valence-corrected chi connectivity index (χ1v) is 6.29. The molecule has 102 valence electrons. The Kier molecular flexibility index (Phi) is 7.33. The molecule has 2 N–H and O–H groups in total. The second-order valence-electron chi connectivity index (χ2n) is 3.88. The van der Waals surface area contributed by atoms with E-state index in [1.54, 1.807) is 0 Å². The van der Waals surface area contributed by atoms with Crippen LogP contribution in [0.15, 0.2) is 24.3 Å². The summed E-state index contributed by atoms with van der Waals surface area (Å²) in [4.78, 5) is 11.5. The highest BCUT2D eigenvalue weighted by Crippen LogP contribution is 2.03. The molecule has 0 bridgehead atoms. The highest BCUT2D eigenvalue weighted by atomic mass is 16.5. The van der Waals surface area contributed by atoms with E-state index >= 15 is 0 Å². The van der Waals surface area contributed by atoms with Gasteiger partial charge in [-0.15, -0.1) is 0 Å². The van der Waals surface area contributed by atoms with Crippen LogP contribution < -0.4 is 5.32 Å². The second kappa shape index (κ2) is 9.15. The minimum Gasteiger partial charge on any atom is -0.384 e. The van der Waals surface area contributed by atoms with E-state index in [4.69, 9.17) is 9.84 Å². The molecule has 4 nitrogen and oxygen atoms in total. The number of hydrogen-bond acceptors (Lipinski definition) is 3. The van der Waals surface area contributed by atoms with Crippen molar-refractivity contribution < 1.29 is 14.6 Å². The highest BCUT2D eigenvalue weighted by molar-refractivity contribution is 5.75. The summed E-state index contributed by atoms with van der Waals surface area (Å²) in [5.41, 5.74) is 1.86. The van der Waals surface area contributed by atoms with E-state index in [1.165, 1.54) is 0 Å². The van der Waals surface area contributed by atoms with Crippen LogP contribution in [0.1, 0.15) is 24.5 Å². The lowest BCUT2D eigenvalue weighted by Gasteiger charge is -2.05. The van der Waals surface area contributed by atoms with Gasteiger partial charge >= 0.3 is 0 Å². The summed E-state index contributed by atoms with van der Waals surface area (Å²) in [6.45, 7) is 3.34. The van der Waals surface area contributed by atoms with Crippen molar-refractivity contribution in [2.24, 2.45) is 0 Å². The van der Waals surface area contributed by atoms with Crippen molar-refractivity contribution >= 4 is 5.91 Å². The van der Waals surface area contributed by atoms with Gasteiger partial charge in [-0.1, -0.05) is 24.0 Å². The summed E-state index contributed by atoms with van der Waals surface area (Å²) in [5.74, 6) is 5.39. The average molecular weight is 261 g/mol. The predicted molar refractivity (Wildman–Crippen MR) is 73.4 cm³/mol. The minimum absolute atomic E-state index is 0.0161. The molecule has 1 amide bonds. The third-order valence-electron chi connectivity index (χ3n) is 2.43. The molecule has 0 aliphatic rings. The topological polar surface area (TPSA) is 58.6 Å². The number of aliphatic hydroxyl groups excluding tert-OH is 1. The van der Waals surface area contributed by atoms with Crippen LogP contribution in [-0.2, 0) is 16.1 Å². The third kappa shape index (κ3) is 6.61. The average Bonchev–Trinajstić information content (AvgIpc) is 2.44. The number of carbonyl (C=O) groups excluding carboxylic acids is 1. The van der Waals surface area contributed by atoms with Crippen LogP contribution in [-0.4, -0.2) is 30.8 Å². The van der Waals surface area contributed by atoms with Crippen molar-refractivity contribution in [3.63, 3.8) is 0 Å². The predicted octanol–water partition coefficient (Wildman–Crippen LogP) is 1.07. The molecule has 0 unspecified atom stereocenters. The lowest BCUT2D eigenvalue weighted by atomic mass is 10.1. The van der Waals surface area contributed by atoms with Gasteiger partial charge in [0.15, 0.2) is 0 Å². The van der Waals surface area contributed by atoms with Crippen LogP contribution in [0.25, 0.3) is 0 Å². The largest absolute Gasteiger partial charge is 0.384 e. The Balaban J connectivity index is 2.35. The van der Waals surface area contributed by atoms with Gasteiger partial charge in [0.1, 0.15) is 6.61 Å². The summed E-state index contributed by atoms with van der Waals surface area (Å²) in [6, 6.07) is 7.54. The smallest absolute Gasteiger partial charge is 0.222 e. The maximum atomic E-state index is 11.5. The zero-order valence-corrected chi connectivity index (χ0v) is 11.1. The molecule has 0 saturated carbocycles. The van der Waals surface area contributed by atoms with E-state index < -0.39 is 0 Å². The Bertz CT molecular complexity index is 443. The van der Waals surface area contributed by atoms with E-state index in [0.717, 1.165) is 11.1 Å². The van der Waals surface area contributed by atoms with Gasteiger partial charge in [-0.25, -0.2) is 0 Å². The van der Waals surface area contributed by atoms with Crippen LogP contribution in [0.5, 0.6) is 0 Å². The number of hydrogen-bond donors (Lipinski definition) is 2. The zero-order chi connectivity index (χ0) is 13.9. The summed E-state index contributed by atoms with van der Waals surface area (Å²) in [7, 11) is 0. The van der Waals surface area contributed by atoms with Gasteiger partial charge in [0.25, 0.3) is 0 Å². The van der Waals surface area contributed by atoms with Gasteiger partial charge < -0.3 is 15.2 Å². The van der Waals surface area contributed by atoms with Gasteiger partial charge in [-0.2, -0.15) is 0 Å². The lowest BCUT2D eigenvalue weighted by molar-refractivity contribution is -0.122. The third-order valence-corrected chi connectivity index (χ3v) is 2.43. The molecule has 0 fully saturated rings. The molecule has 0 heterocycles. The second-order valence-corrected chi connectivity index (χ2v) is 3.88. The molecule has 0 spiro atoms. The van der Waals surface area contributed by atoms with E-state index in [-0.39, 0.29) is 12.5 Å². The number of aliphatic hydroxyl groups is 1.